The Morgan fingerprint density at radius 1 is 1.12 bits per heavy atom. The van der Waals surface area contributed by atoms with Gasteiger partial charge in [-0.25, -0.2) is 9.67 Å². The molecule has 0 atom stereocenters. The van der Waals surface area contributed by atoms with Crippen LogP contribution in [0.5, 0.6) is 5.75 Å². The number of hydrogen-bond acceptors (Lipinski definition) is 4. The van der Waals surface area contributed by atoms with E-state index in [-0.39, 0.29) is 23.3 Å². The second kappa shape index (κ2) is 9.11. The fraction of sp³-hybridized carbons (Fsp3) is 0.174. The predicted octanol–water partition coefficient (Wildman–Crippen LogP) is 5.00. The number of ether oxygens (including phenoxy) is 1. The van der Waals surface area contributed by atoms with Gasteiger partial charge in [-0.1, -0.05) is 60.1 Å². The molecule has 4 rings (SSSR count). The number of halogens is 4. The second-order valence-corrected chi connectivity index (χ2v) is 7.60. The van der Waals surface area contributed by atoms with E-state index in [0.717, 1.165) is 6.20 Å². The van der Waals surface area contributed by atoms with Gasteiger partial charge in [-0.05, 0) is 11.6 Å². The van der Waals surface area contributed by atoms with Crippen LogP contribution in [0.25, 0.3) is 22.3 Å². The van der Waals surface area contributed by atoms with Crippen molar-refractivity contribution in [2.24, 2.45) is 7.05 Å². The van der Waals surface area contributed by atoms with Crippen molar-refractivity contribution in [3.8, 4) is 17.0 Å². The van der Waals surface area contributed by atoms with Crippen molar-refractivity contribution < 1.29 is 22.7 Å². The number of rotatable bonds is 6. The summed E-state index contributed by atoms with van der Waals surface area (Å²) >= 11 is 6.05. The average Bonchev–Trinajstić information content (AvgIpc) is 3.13. The Bertz CT molecular complexity index is 1310. The lowest BCUT2D eigenvalue weighted by Gasteiger charge is -2.15. The van der Waals surface area contributed by atoms with Crippen LogP contribution in [0.4, 0.5) is 13.2 Å². The Balaban J connectivity index is 1.64. The molecule has 0 radical (unpaired) electrons. The molecule has 0 fully saturated rings. The molecular weight excluding hydrogens is 457 g/mol. The van der Waals surface area contributed by atoms with Crippen LogP contribution >= 0.6 is 11.6 Å². The number of alkyl halides is 3. The summed E-state index contributed by atoms with van der Waals surface area (Å²) in [6.07, 6.45) is -3.81. The van der Waals surface area contributed by atoms with Gasteiger partial charge in [0.05, 0.1) is 11.6 Å². The minimum absolute atomic E-state index is 0.0525. The molecule has 2 heterocycles. The Morgan fingerprint density at radius 2 is 1.82 bits per heavy atom. The first-order valence-corrected chi connectivity index (χ1v) is 10.2. The zero-order valence-corrected chi connectivity index (χ0v) is 18.1. The maximum atomic E-state index is 14.2. The van der Waals surface area contributed by atoms with E-state index in [1.165, 1.54) is 11.7 Å². The summed E-state index contributed by atoms with van der Waals surface area (Å²) in [4.78, 5) is 16.3. The molecule has 1 amide bonds. The minimum atomic E-state index is -4.77. The number of hydrogen-bond donors (Lipinski definition) is 1. The molecule has 0 spiro atoms. The third kappa shape index (κ3) is 4.78. The fourth-order valence-corrected chi connectivity index (χ4v) is 3.62. The molecule has 0 unspecified atom stereocenters. The van der Waals surface area contributed by atoms with Crippen LogP contribution in [0.2, 0.25) is 5.02 Å². The summed E-state index contributed by atoms with van der Waals surface area (Å²) < 4.78 is 49.1. The number of carbonyl (C=O) groups excluding carboxylic acids is 1. The largest absolute Gasteiger partial charge is 0.481 e. The van der Waals surface area contributed by atoms with Gasteiger partial charge in [0.25, 0.3) is 5.91 Å². The van der Waals surface area contributed by atoms with E-state index in [1.54, 1.807) is 54.6 Å². The van der Waals surface area contributed by atoms with Crippen LogP contribution in [0.3, 0.4) is 0 Å². The van der Waals surface area contributed by atoms with E-state index in [4.69, 9.17) is 16.3 Å². The summed E-state index contributed by atoms with van der Waals surface area (Å²) in [5, 5.41) is 7.11. The van der Waals surface area contributed by atoms with Crippen molar-refractivity contribution in [3.05, 3.63) is 76.9 Å². The number of fused-ring (bicyclic) bond motifs is 1. The van der Waals surface area contributed by atoms with Crippen LogP contribution in [0.1, 0.15) is 11.1 Å². The van der Waals surface area contributed by atoms with Crippen LogP contribution in [0.15, 0.2) is 60.8 Å². The van der Waals surface area contributed by atoms with Crippen LogP contribution < -0.4 is 10.1 Å². The Kier molecular flexibility index (Phi) is 6.24. The molecule has 0 saturated heterocycles. The second-order valence-electron chi connectivity index (χ2n) is 7.19. The first kappa shape index (κ1) is 22.6. The number of benzene rings is 2. The van der Waals surface area contributed by atoms with E-state index in [2.05, 4.69) is 15.4 Å². The van der Waals surface area contributed by atoms with Gasteiger partial charge in [0.15, 0.2) is 18.0 Å². The number of aryl methyl sites for hydroxylation is 1. The third-order valence-corrected chi connectivity index (χ3v) is 5.31. The molecule has 1 N–H and O–H groups in total. The van der Waals surface area contributed by atoms with Crippen molar-refractivity contribution in [2.45, 2.75) is 12.7 Å². The standard InChI is InChI=1S/C23H18ClF3N4O2/c1-31-22-19(21(30-31)14-7-3-2-4-8-14)20(23(25,26)27)17(12-29-22)33-13-18(32)28-11-15-9-5-6-10-16(15)24/h2-10,12H,11,13H2,1H3,(H,28,32). The van der Waals surface area contributed by atoms with E-state index < -0.39 is 30.0 Å². The summed E-state index contributed by atoms with van der Waals surface area (Å²) in [5.74, 6) is -1.15. The van der Waals surface area contributed by atoms with Crippen LogP contribution in [-0.2, 0) is 24.6 Å². The van der Waals surface area contributed by atoms with Gasteiger partial charge in [-0.3, -0.25) is 4.79 Å². The molecule has 2 aromatic heterocycles. The van der Waals surface area contributed by atoms with Crippen molar-refractivity contribution in [2.75, 3.05) is 6.61 Å². The zero-order chi connectivity index (χ0) is 23.6. The van der Waals surface area contributed by atoms with Gasteiger partial charge >= 0.3 is 6.18 Å². The van der Waals surface area contributed by atoms with Gasteiger partial charge in [0.2, 0.25) is 0 Å². The normalized spacial score (nSPS) is 11.5. The lowest BCUT2D eigenvalue weighted by atomic mass is 10.0. The number of pyridine rings is 1. The number of aromatic nitrogens is 3. The Morgan fingerprint density at radius 3 is 2.52 bits per heavy atom. The van der Waals surface area contributed by atoms with Gasteiger partial charge in [0.1, 0.15) is 11.3 Å². The number of carbonyl (C=O) groups is 1. The molecule has 2 aromatic carbocycles. The monoisotopic (exact) mass is 474 g/mol. The fourth-order valence-electron chi connectivity index (χ4n) is 3.42. The minimum Gasteiger partial charge on any atom is -0.481 e. The summed E-state index contributed by atoms with van der Waals surface area (Å²) in [7, 11) is 1.52. The Hall–Kier alpha value is -3.59. The molecule has 0 aliphatic carbocycles. The number of nitrogens with one attached hydrogen (secondary N) is 1. The zero-order valence-electron chi connectivity index (χ0n) is 17.4. The molecule has 33 heavy (non-hydrogen) atoms. The number of amides is 1. The summed E-state index contributed by atoms with van der Waals surface area (Å²) in [5.41, 5.74) is 0.330. The van der Waals surface area contributed by atoms with Gasteiger partial charge in [0, 0.05) is 24.2 Å². The van der Waals surface area contributed by atoms with Gasteiger partial charge in [-0.2, -0.15) is 18.3 Å². The lowest BCUT2D eigenvalue weighted by Crippen LogP contribution is -2.29. The molecule has 10 heteroatoms. The SMILES string of the molecule is Cn1nc(-c2ccccc2)c2c(C(F)(F)F)c(OCC(=O)NCc3ccccc3Cl)cnc21. The van der Waals surface area contributed by atoms with E-state index >= 15 is 0 Å². The van der Waals surface area contributed by atoms with Gasteiger partial charge in [-0.15, -0.1) is 0 Å². The maximum absolute atomic E-state index is 14.2. The molecular formula is C23H18ClF3N4O2. The predicted molar refractivity (Wildman–Crippen MR) is 118 cm³/mol. The van der Waals surface area contributed by atoms with Crippen molar-refractivity contribution in [3.63, 3.8) is 0 Å². The first-order valence-electron chi connectivity index (χ1n) is 9.87. The summed E-state index contributed by atoms with van der Waals surface area (Å²) in [6, 6.07) is 15.4. The lowest BCUT2D eigenvalue weighted by molar-refractivity contribution is -0.138. The Labute approximate surface area is 192 Å². The molecule has 6 nitrogen and oxygen atoms in total. The molecule has 0 bridgehead atoms. The number of nitrogens with zero attached hydrogens (tertiary/aromatic N) is 3. The third-order valence-electron chi connectivity index (χ3n) is 4.94. The molecule has 0 aliphatic rings. The van der Waals surface area contributed by atoms with Crippen molar-refractivity contribution in [1.29, 1.82) is 0 Å². The average molecular weight is 475 g/mol. The molecule has 0 aliphatic heterocycles. The van der Waals surface area contributed by atoms with E-state index in [9.17, 15) is 18.0 Å². The maximum Gasteiger partial charge on any atom is 0.420 e. The van der Waals surface area contributed by atoms with E-state index in [1.807, 2.05) is 0 Å². The van der Waals surface area contributed by atoms with Crippen LogP contribution in [0, 0.1) is 0 Å². The highest BCUT2D eigenvalue weighted by atomic mass is 35.5. The molecule has 170 valence electrons. The topological polar surface area (TPSA) is 69.0 Å². The highest BCUT2D eigenvalue weighted by molar-refractivity contribution is 6.31. The van der Waals surface area contributed by atoms with Gasteiger partial charge < -0.3 is 10.1 Å². The smallest absolute Gasteiger partial charge is 0.420 e. The van der Waals surface area contributed by atoms with Crippen LogP contribution in [-0.4, -0.2) is 27.3 Å². The van der Waals surface area contributed by atoms with Crippen molar-refractivity contribution >= 4 is 28.5 Å². The summed E-state index contributed by atoms with van der Waals surface area (Å²) in [6.45, 7) is -0.506. The quantitative estimate of drug-likeness (QED) is 0.427. The van der Waals surface area contributed by atoms with E-state index in [0.29, 0.717) is 16.1 Å². The molecule has 0 saturated carbocycles. The van der Waals surface area contributed by atoms with Crippen molar-refractivity contribution in [1.82, 2.24) is 20.1 Å². The highest BCUT2D eigenvalue weighted by Gasteiger charge is 2.39. The highest BCUT2D eigenvalue weighted by Crippen LogP contribution is 2.43. The first-order chi connectivity index (χ1) is 15.8. The molecule has 4 aromatic rings.